The Hall–Kier alpha value is -2.63. The Morgan fingerprint density at radius 3 is 1.15 bits per heavy atom. The van der Waals surface area contributed by atoms with Crippen LogP contribution in [0.3, 0.4) is 0 Å². The molecule has 348 valence electrons. The van der Waals surface area contributed by atoms with Gasteiger partial charge in [0, 0.05) is 19.3 Å². The maximum atomic E-state index is 12.8. The molecular formula is C54H96O6. The topological polar surface area (TPSA) is 78.9 Å². The molecule has 0 N–H and O–H groups in total. The van der Waals surface area contributed by atoms with Crippen molar-refractivity contribution in [1.82, 2.24) is 0 Å². The first-order chi connectivity index (χ1) is 29.5. The van der Waals surface area contributed by atoms with Crippen LogP contribution in [-0.4, -0.2) is 37.2 Å². The normalized spacial score (nSPS) is 12.4. The average molecular weight is 841 g/mol. The van der Waals surface area contributed by atoms with Crippen molar-refractivity contribution in [2.75, 3.05) is 13.2 Å². The highest BCUT2D eigenvalue weighted by Crippen LogP contribution is 2.15. The fourth-order valence-corrected chi connectivity index (χ4v) is 7.19. The first-order valence-corrected chi connectivity index (χ1v) is 25.7. The molecule has 0 aromatic heterocycles. The summed E-state index contributed by atoms with van der Waals surface area (Å²) in [6.07, 6.45) is 58.1. The summed E-state index contributed by atoms with van der Waals surface area (Å²) in [6.45, 7) is 6.55. The van der Waals surface area contributed by atoms with Crippen molar-refractivity contribution in [2.24, 2.45) is 0 Å². The van der Waals surface area contributed by atoms with Gasteiger partial charge in [-0.15, -0.1) is 0 Å². The van der Waals surface area contributed by atoms with E-state index in [1.807, 2.05) is 6.08 Å². The Morgan fingerprint density at radius 2 is 0.683 bits per heavy atom. The predicted molar refractivity (Wildman–Crippen MR) is 256 cm³/mol. The van der Waals surface area contributed by atoms with Gasteiger partial charge < -0.3 is 14.2 Å². The first kappa shape index (κ1) is 57.4. The zero-order valence-electron chi connectivity index (χ0n) is 39.7. The Bertz CT molecular complexity index is 1060. The van der Waals surface area contributed by atoms with Crippen molar-refractivity contribution in [3.05, 3.63) is 48.6 Å². The van der Waals surface area contributed by atoms with E-state index in [2.05, 4.69) is 63.3 Å². The summed E-state index contributed by atoms with van der Waals surface area (Å²) in [6, 6.07) is 0. The fourth-order valence-electron chi connectivity index (χ4n) is 7.19. The standard InChI is InChI=1S/C54H96O6/c1-4-7-10-13-16-19-22-25-27-30-32-35-38-41-44-47-53(56)59-50-51(49-58-52(55)46-43-40-37-34-31-28-24-21-18-15-12-9-6-3)60-54(57)48-45-42-39-36-33-29-26-23-20-17-14-11-8-5-2/h16,19,22,25,28,31,37,40,51H,4-15,17-18,20-21,23-24,26-27,29-30,32-36,38-39,41-50H2,1-3H3/b19-16-,25-22-,31-28-,40-37-. The van der Waals surface area contributed by atoms with E-state index in [0.29, 0.717) is 19.3 Å². The minimum absolute atomic E-state index is 0.0942. The van der Waals surface area contributed by atoms with Gasteiger partial charge >= 0.3 is 17.9 Å². The van der Waals surface area contributed by atoms with E-state index in [1.54, 1.807) is 0 Å². The summed E-state index contributed by atoms with van der Waals surface area (Å²) in [7, 11) is 0. The lowest BCUT2D eigenvalue weighted by atomic mass is 10.0. The highest BCUT2D eigenvalue weighted by Gasteiger charge is 2.19. The number of hydrogen-bond acceptors (Lipinski definition) is 6. The van der Waals surface area contributed by atoms with E-state index < -0.39 is 6.10 Å². The Balaban J connectivity index is 4.44. The average Bonchev–Trinajstić information content (AvgIpc) is 3.24. The number of hydrogen-bond donors (Lipinski definition) is 0. The van der Waals surface area contributed by atoms with Crippen LogP contribution in [0.25, 0.3) is 0 Å². The van der Waals surface area contributed by atoms with Gasteiger partial charge in [-0.25, -0.2) is 0 Å². The van der Waals surface area contributed by atoms with Gasteiger partial charge in [0.05, 0.1) is 0 Å². The van der Waals surface area contributed by atoms with Crippen LogP contribution in [0.2, 0.25) is 0 Å². The lowest BCUT2D eigenvalue weighted by Crippen LogP contribution is -2.30. The summed E-state index contributed by atoms with van der Waals surface area (Å²) < 4.78 is 16.7. The number of esters is 3. The molecule has 0 saturated heterocycles. The monoisotopic (exact) mass is 841 g/mol. The highest BCUT2D eigenvalue weighted by atomic mass is 16.6. The SMILES string of the molecule is CCCCC/C=C\C=C/CCCCCCCCC(=O)OCC(COC(=O)CC/C=C\C/C=C\CCCCCCCC)OC(=O)CCCCCCCCCCCCCCCC. The third-order valence-electron chi connectivity index (χ3n) is 11.1. The maximum absolute atomic E-state index is 12.8. The van der Waals surface area contributed by atoms with Crippen LogP contribution < -0.4 is 0 Å². The number of rotatable bonds is 46. The number of carbonyl (C=O) groups excluding carboxylic acids is 3. The molecule has 0 rings (SSSR count). The summed E-state index contributed by atoms with van der Waals surface area (Å²) in [5, 5.41) is 0. The summed E-state index contributed by atoms with van der Waals surface area (Å²) >= 11 is 0. The van der Waals surface area contributed by atoms with Crippen LogP contribution >= 0.6 is 0 Å². The van der Waals surface area contributed by atoms with Crippen molar-refractivity contribution in [1.29, 1.82) is 0 Å². The molecule has 6 nitrogen and oxygen atoms in total. The van der Waals surface area contributed by atoms with Crippen LogP contribution in [0.4, 0.5) is 0 Å². The molecule has 60 heavy (non-hydrogen) atoms. The molecule has 1 atom stereocenters. The molecule has 0 aliphatic rings. The van der Waals surface area contributed by atoms with Crippen molar-refractivity contribution in [3.8, 4) is 0 Å². The van der Waals surface area contributed by atoms with E-state index in [4.69, 9.17) is 14.2 Å². The summed E-state index contributed by atoms with van der Waals surface area (Å²) in [5.41, 5.74) is 0. The maximum Gasteiger partial charge on any atom is 0.306 e. The van der Waals surface area contributed by atoms with Crippen LogP contribution in [0, 0.1) is 0 Å². The molecule has 0 amide bonds. The van der Waals surface area contributed by atoms with Crippen molar-refractivity contribution < 1.29 is 28.6 Å². The molecule has 1 unspecified atom stereocenters. The second-order valence-electron chi connectivity index (χ2n) is 17.1. The molecule has 0 spiro atoms. The van der Waals surface area contributed by atoms with E-state index in [0.717, 1.165) is 57.8 Å². The Morgan fingerprint density at radius 1 is 0.350 bits per heavy atom. The highest BCUT2D eigenvalue weighted by molar-refractivity contribution is 5.71. The van der Waals surface area contributed by atoms with Gasteiger partial charge in [-0.2, -0.15) is 0 Å². The van der Waals surface area contributed by atoms with Gasteiger partial charge in [-0.05, 0) is 64.2 Å². The zero-order valence-corrected chi connectivity index (χ0v) is 39.7. The smallest absolute Gasteiger partial charge is 0.306 e. The molecule has 0 bridgehead atoms. The molecular weight excluding hydrogens is 745 g/mol. The van der Waals surface area contributed by atoms with Crippen molar-refractivity contribution in [2.45, 2.75) is 264 Å². The number of carbonyl (C=O) groups is 3. The number of allylic oxidation sites excluding steroid dienone is 8. The molecule has 0 saturated carbocycles. The van der Waals surface area contributed by atoms with Gasteiger partial charge in [-0.1, -0.05) is 223 Å². The molecule has 0 aliphatic carbocycles. The minimum Gasteiger partial charge on any atom is -0.462 e. The quantitative estimate of drug-likeness (QED) is 0.0200. The number of ether oxygens (including phenoxy) is 3. The van der Waals surface area contributed by atoms with Crippen molar-refractivity contribution in [3.63, 3.8) is 0 Å². The van der Waals surface area contributed by atoms with E-state index in [1.165, 1.54) is 154 Å². The lowest BCUT2D eigenvalue weighted by Gasteiger charge is -2.18. The molecule has 0 radical (unpaired) electrons. The van der Waals surface area contributed by atoms with Crippen LogP contribution in [-0.2, 0) is 28.6 Å². The lowest BCUT2D eigenvalue weighted by molar-refractivity contribution is -0.166. The minimum atomic E-state index is -0.796. The van der Waals surface area contributed by atoms with Crippen LogP contribution in [0.1, 0.15) is 258 Å². The summed E-state index contributed by atoms with van der Waals surface area (Å²) in [5.74, 6) is -0.968. The Labute approximate surface area is 371 Å². The predicted octanol–water partition coefficient (Wildman–Crippen LogP) is 16.7. The summed E-state index contributed by atoms with van der Waals surface area (Å²) in [4.78, 5) is 37.9. The van der Waals surface area contributed by atoms with E-state index >= 15 is 0 Å². The van der Waals surface area contributed by atoms with E-state index in [9.17, 15) is 14.4 Å². The second-order valence-corrected chi connectivity index (χ2v) is 17.1. The van der Waals surface area contributed by atoms with Crippen LogP contribution in [0.15, 0.2) is 48.6 Å². The molecule has 0 fully saturated rings. The second kappa shape index (κ2) is 49.0. The van der Waals surface area contributed by atoms with Gasteiger partial charge in [0.2, 0.25) is 0 Å². The van der Waals surface area contributed by atoms with E-state index in [-0.39, 0.29) is 37.5 Å². The van der Waals surface area contributed by atoms with Gasteiger partial charge in [0.15, 0.2) is 6.10 Å². The van der Waals surface area contributed by atoms with Gasteiger partial charge in [0.25, 0.3) is 0 Å². The zero-order chi connectivity index (χ0) is 43.7. The third-order valence-corrected chi connectivity index (χ3v) is 11.1. The van der Waals surface area contributed by atoms with Gasteiger partial charge in [-0.3, -0.25) is 14.4 Å². The molecule has 0 heterocycles. The largest absolute Gasteiger partial charge is 0.462 e. The number of unbranched alkanes of at least 4 members (excludes halogenated alkanes) is 28. The fraction of sp³-hybridized carbons (Fsp3) is 0.796. The van der Waals surface area contributed by atoms with Crippen LogP contribution in [0.5, 0.6) is 0 Å². The van der Waals surface area contributed by atoms with Gasteiger partial charge in [0.1, 0.15) is 13.2 Å². The molecule has 0 aliphatic heterocycles. The third kappa shape index (κ3) is 46.4. The molecule has 0 aromatic carbocycles. The molecule has 0 aromatic rings. The first-order valence-electron chi connectivity index (χ1n) is 25.7. The molecule has 6 heteroatoms. The van der Waals surface area contributed by atoms with Crippen molar-refractivity contribution >= 4 is 17.9 Å². The Kier molecular flexibility index (Phi) is 46.9.